The van der Waals surface area contributed by atoms with Gasteiger partial charge in [-0.15, -0.1) is 0 Å². The third kappa shape index (κ3) is 5.36. The van der Waals surface area contributed by atoms with Crippen LogP contribution >= 0.6 is 11.6 Å². The van der Waals surface area contributed by atoms with Crippen LogP contribution in [0.2, 0.25) is 30.7 Å². The molecule has 2 aromatic heterocycles. The first-order valence-corrected chi connectivity index (χ1v) is 13.9. The average Bonchev–Trinajstić information content (AvgIpc) is 3.03. The Hall–Kier alpha value is -1.93. The highest BCUT2D eigenvalue weighted by atomic mass is 35.5. The van der Waals surface area contributed by atoms with Gasteiger partial charge in [0.1, 0.15) is 24.5 Å². The molecule has 0 radical (unpaired) electrons. The van der Waals surface area contributed by atoms with Crippen LogP contribution < -0.4 is 4.90 Å². The van der Waals surface area contributed by atoms with E-state index in [0.717, 1.165) is 40.6 Å². The normalized spacial score (nSPS) is 11.9. The quantitative estimate of drug-likeness (QED) is 0.398. The SMILES string of the molecule is CN(CCO)c1ncnc2c1c(-c1cccc(Cl)c1)cn2COCC[Si](C)(C)C. The fourth-order valence-electron chi connectivity index (χ4n) is 3.17. The molecule has 0 spiro atoms. The van der Waals surface area contributed by atoms with Crippen LogP contribution in [0.25, 0.3) is 22.2 Å². The Morgan fingerprint density at radius 3 is 2.72 bits per heavy atom. The van der Waals surface area contributed by atoms with E-state index in [1.807, 2.05) is 40.8 Å². The lowest BCUT2D eigenvalue weighted by molar-refractivity contribution is 0.0899. The summed E-state index contributed by atoms with van der Waals surface area (Å²) in [6.07, 6.45) is 3.61. The molecule has 156 valence electrons. The lowest BCUT2D eigenvalue weighted by Crippen LogP contribution is -2.22. The molecule has 0 atom stereocenters. The fourth-order valence-corrected chi connectivity index (χ4v) is 4.11. The maximum Gasteiger partial charge on any atom is 0.148 e. The minimum Gasteiger partial charge on any atom is -0.395 e. The van der Waals surface area contributed by atoms with Gasteiger partial charge in [-0.25, -0.2) is 9.97 Å². The summed E-state index contributed by atoms with van der Waals surface area (Å²) in [6.45, 7) is 8.74. The molecule has 8 heteroatoms. The van der Waals surface area contributed by atoms with Crippen LogP contribution in [0.5, 0.6) is 0 Å². The molecule has 0 bridgehead atoms. The molecule has 2 heterocycles. The monoisotopic (exact) mass is 432 g/mol. The molecular formula is C21H29ClN4O2Si. The first-order valence-electron chi connectivity index (χ1n) is 9.79. The first kappa shape index (κ1) is 21.8. The number of benzene rings is 1. The van der Waals surface area contributed by atoms with Gasteiger partial charge in [-0.1, -0.05) is 43.4 Å². The Morgan fingerprint density at radius 1 is 1.24 bits per heavy atom. The number of aromatic nitrogens is 3. The van der Waals surface area contributed by atoms with Crippen molar-refractivity contribution in [3.8, 4) is 11.1 Å². The summed E-state index contributed by atoms with van der Waals surface area (Å²) >= 11 is 6.25. The van der Waals surface area contributed by atoms with Gasteiger partial charge in [0, 0.05) is 45.1 Å². The van der Waals surface area contributed by atoms with Crippen LogP contribution in [-0.2, 0) is 11.5 Å². The molecule has 0 saturated carbocycles. The van der Waals surface area contributed by atoms with Crippen molar-refractivity contribution >= 4 is 36.5 Å². The van der Waals surface area contributed by atoms with Gasteiger partial charge in [-0.2, -0.15) is 0 Å². The minimum absolute atomic E-state index is 0.0506. The highest BCUT2D eigenvalue weighted by Gasteiger charge is 2.19. The topological polar surface area (TPSA) is 63.4 Å². The van der Waals surface area contributed by atoms with Gasteiger partial charge in [0.15, 0.2) is 0 Å². The minimum atomic E-state index is -1.14. The molecule has 0 aliphatic rings. The second kappa shape index (κ2) is 9.26. The summed E-state index contributed by atoms with van der Waals surface area (Å²) in [5.41, 5.74) is 2.80. The number of hydrogen-bond acceptors (Lipinski definition) is 5. The number of hydrogen-bond donors (Lipinski definition) is 1. The molecule has 0 saturated heterocycles. The predicted octanol–water partition coefficient (Wildman–Crippen LogP) is 4.49. The van der Waals surface area contributed by atoms with Crippen molar-refractivity contribution in [2.75, 3.05) is 31.7 Å². The summed E-state index contributed by atoms with van der Waals surface area (Å²) < 4.78 is 8.00. The standard InChI is InChI=1S/C21H29ClN4O2Si/c1-25(8-9-27)20-19-18(16-6-5-7-17(22)12-16)13-26(21(19)24-14-23-20)15-28-10-11-29(2,3)4/h5-7,12-14,27H,8-11,15H2,1-4H3. The predicted molar refractivity (Wildman–Crippen MR) is 122 cm³/mol. The Balaban J connectivity index is 2.03. The first-order chi connectivity index (χ1) is 13.8. The van der Waals surface area contributed by atoms with E-state index in [9.17, 15) is 5.11 Å². The molecule has 0 aliphatic carbocycles. The third-order valence-electron chi connectivity index (χ3n) is 4.79. The Kier molecular flexibility index (Phi) is 6.95. The number of aliphatic hydroxyl groups excluding tert-OH is 1. The molecule has 0 amide bonds. The maximum absolute atomic E-state index is 9.38. The number of rotatable bonds is 9. The van der Waals surface area contributed by atoms with Gasteiger partial charge in [-0.05, 0) is 23.7 Å². The van der Waals surface area contributed by atoms with E-state index in [4.69, 9.17) is 16.3 Å². The largest absolute Gasteiger partial charge is 0.395 e. The molecule has 6 nitrogen and oxygen atoms in total. The lowest BCUT2D eigenvalue weighted by Gasteiger charge is -2.18. The van der Waals surface area contributed by atoms with E-state index in [-0.39, 0.29) is 6.61 Å². The van der Waals surface area contributed by atoms with Crippen LogP contribution in [0, 0.1) is 0 Å². The van der Waals surface area contributed by atoms with Gasteiger partial charge in [0.25, 0.3) is 0 Å². The van der Waals surface area contributed by atoms with Crippen LogP contribution in [0.3, 0.4) is 0 Å². The number of likely N-dealkylation sites (N-methyl/N-ethyl adjacent to an activating group) is 1. The summed E-state index contributed by atoms with van der Waals surface area (Å²) in [4.78, 5) is 11.0. The van der Waals surface area contributed by atoms with E-state index in [1.165, 1.54) is 0 Å². The van der Waals surface area contributed by atoms with Crippen molar-refractivity contribution in [1.82, 2.24) is 14.5 Å². The number of anilines is 1. The van der Waals surface area contributed by atoms with Gasteiger partial charge < -0.3 is 19.3 Å². The van der Waals surface area contributed by atoms with Crippen LogP contribution in [0.15, 0.2) is 36.8 Å². The highest BCUT2D eigenvalue weighted by molar-refractivity contribution is 6.76. The summed E-state index contributed by atoms with van der Waals surface area (Å²) in [5, 5.41) is 11.0. The van der Waals surface area contributed by atoms with E-state index >= 15 is 0 Å². The number of aliphatic hydroxyl groups is 1. The number of ether oxygens (including phenoxy) is 1. The summed E-state index contributed by atoms with van der Waals surface area (Å²) in [7, 11) is 0.777. The summed E-state index contributed by atoms with van der Waals surface area (Å²) in [6, 6.07) is 8.88. The Morgan fingerprint density at radius 2 is 2.03 bits per heavy atom. The molecule has 0 unspecified atom stereocenters. The number of nitrogens with zero attached hydrogens (tertiary/aromatic N) is 4. The zero-order valence-electron chi connectivity index (χ0n) is 17.5. The molecular weight excluding hydrogens is 404 g/mol. The van der Waals surface area contributed by atoms with Gasteiger partial charge in [-0.3, -0.25) is 0 Å². The molecule has 0 aliphatic heterocycles. The molecule has 29 heavy (non-hydrogen) atoms. The molecule has 1 N–H and O–H groups in total. The van der Waals surface area contributed by atoms with Crippen LogP contribution in [0.1, 0.15) is 0 Å². The zero-order chi connectivity index (χ0) is 21.0. The second-order valence-electron chi connectivity index (χ2n) is 8.41. The van der Waals surface area contributed by atoms with Crippen molar-refractivity contribution in [1.29, 1.82) is 0 Å². The average molecular weight is 433 g/mol. The van der Waals surface area contributed by atoms with E-state index in [1.54, 1.807) is 6.33 Å². The van der Waals surface area contributed by atoms with E-state index in [0.29, 0.717) is 18.3 Å². The van der Waals surface area contributed by atoms with Crippen molar-refractivity contribution in [2.45, 2.75) is 32.4 Å². The van der Waals surface area contributed by atoms with Gasteiger partial charge in [0.05, 0.1) is 12.0 Å². The summed E-state index contributed by atoms with van der Waals surface area (Å²) in [5.74, 6) is 0.778. The molecule has 3 rings (SSSR count). The van der Waals surface area contributed by atoms with Gasteiger partial charge >= 0.3 is 0 Å². The van der Waals surface area contributed by atoms with Crippen LogP contribution in [-0.4, -0.2) is 54.5 Å². The molecule has 0 fully saturated rings. The van der Waals surface area contributed by atoms with Crippen molar-refractivity contribution in [3.63, 3.8) is 0 Å². The van der Waals surface area contributed by atoms with E-state index < -0.39 is 8.07 Å². The zero-order valence-corrected chi connectivity index (χ0v) is 19.3. The smallest absolute Gasteiger partial charge is 0.148 e. The number of fused-ring (bicyclic) bond motifs is 1. The fraction of sp³-hybridized carbons (Fsp3) is 0.429. The molecule has 3 aromatic rings. The van der Waals surface area contributed by atoms with Crippen molar-refractivity contribution < 1.29 is 9.84 Å². The van der Waals surface area contributed by atoms with Gasteiger partial charge in [0.2, 0.25) is 0 Å². The highest BCUT2D eigenvalue weighted by Crippen LogP contribution is 2.35. The van der Waals surface area contributed by atoms with E-state index in [2.05, 4.69) is 35.8 Å². The second-order valence-corrected chi connectivity index (χ2v) is 14.5. The van der Waals surface area contributed by atoms with Crippen LogP contribution in [0.4, 0.5) is 5.82 Å². The number of halogens is 1. The Bertz CT molecular complexity index is 971. The van der Waals surface area contributed by atoms with Crippen molar-refractivity contribution in [2.24, 2.45) is 0 Å². The third-order valence-corrected chi connectivity index (χ3v) is 6.73. The molecule has 1 aromatic carbocycles. The maximum atomic E-state index is 9.38. The Labute approximate surface area is 178 Å². The van der Waals surface area contributed by atoms with Crippen molar-refractivity contribution in [3.05, 3.63) is 41.8 Å². The lowest BCUT2D eigenvalue weighted by atomic mass is 10.1.